The fourth-order valence-electron chi connectivity index (χ4n) is 3.98. The number of nitrogens with one attached hydrogen (secondary N) is 1. The maximum absolute atomic E-state index is 13.8. The Morgan fingerprint density at radius 3 is 2.74 bits per heavy atom. The third-order valence-corrected chi connectivity index (χ3v) is 5.61. The van der Waals surface area contributed by atoms with Crippen molar-refractivity contribution in [3.05, 3.63) is 64.1 Å². The van der Waals surface area contributed by atoms with Gasteiger partial charge in [-0.3, -0.25) is 0 Å². The minimum absolute atomic E-state index is 0.282. The highest BCUT2D eigenvalue weighted by atomic mass is 35.5. The number of rotatable bonds is 3. The summed E-state index contributed by atoms with van der Waals surface area (Å²) >= 11 is 6.23. The van der Waals surface area contributed by atoms with Gasteiger partial charge in [0.05, 0.1) is 6.54 Å². The largest absolute Gasteiger partial charge is 0.505 e. The number of aromatic hydroxyl groups is 1. The van der Waals surface area contributed by atoms with Crippen molar-refractivity contribution in [1.82, 2.24) is 9.88 Å². The van der Waals surface area contributed by atoms with Gasteiger partial charge in [-0.2, -0.15) is 0 Å². The number of hydrogen-bond donors (Lipinski definition) is 3. The molecule has 1 aliphatic rings. The quantitative estimate of drug-likeness (QED) is 0.640. The second-order valence-electron chi connectivity index (χ2n) is 7.36. The average molecular weight is 389 g/mol. The highest BCUT2D eigenvalue weighted by molar-refractivity contribution is 6.31. The predicted molar refractivity (Wildman–Crippen MR) is 105 cm³/mol. The van der Waals surface area contributed by atoms with Gasteiger partial charge in [0.1, 0.15) is 5.60 Å². The van der Waals surface area contributed by atoms with Crippen LogP contribution >= 0.6 is 11.6 Å². The third-order valence-electron chi connectivity index (χ3n) is 5.37. The molecule has 6 heteroatoms. The molecule has 0 saturated heterocycles. The number of aromatic nitrogens is 1. The van der Waals surface area contributed by atoms with Crippen molar-refractivity contribution in [2.45, 2.75) is 31.9 Å². The number of fused-ring (bicyclic) bond motifs is 3. The molecule has 0 spiro atoms. The summed E-state index contributed by atoms with van der Waals surface area (Å²) in [5.41, 5.74) is 2.58. The number of benzene rings is 2. The van der Waals surface area contributed by atoms with E-state index in [-0.39, 0.29) is 6.54 Å². The Kier molecular flexibility index (Phi) is 4.62. The molecule has 3 N–H and O–H groups in total. The van der Waals surface area contributed by atoms with E-state index in [0.717, 1.165) is 36.8 Å². The Labute approximate surface area is 162 Å². The van der Waals surface area contributed by atoms with Crippen molar-refractivity contribution >= 4 is 22.5 Å². The Morgan fingerprint density at radius 1 is 1.19 bits per heavy atom. The molecule has 1 atom stereocenters. The van der Waals surface area contributed by atoms with Gasteiger partial charge >= 0.3 is 0 Å². The molecule has 2 aromatic carbocycles. The van der Waals surface area contributed by atoms with Gasteiger partial charge in [-0.25, -0.2) is 4.39 Å². The van der Waals surface area contributed by atoms with Crippen LogP contribution in [0.5, 0.6) is 5.75 Å². The third kappa shape index (κ3) is 3.31. The molecule has 0 fully saturated rings. The van der Waals surface area contributed by atoms with Gasteiger partial charge in [-0.05, 0) is 61.3 Å². The Balaban J connectivity index is 1.83. The summed E-state index contributed by atoms with van der Waals surface area (Å²) in [6, 6.07) is 9.84. The zero-order valence-electron chi connectivity index (χ0n) is 15.1. The van der Waals surface area contributed by atoms with Crippen LogP contribution in [0.1, 0.15) is 23.7 Å². The molecule has 27 heavy (non-hydrogen) atoms. The minimum atomic E-state index is -1.30. The lowest BCUT2D eigenvalue weighted by atomic mass is 9.95. The van der Waals surface area contributed by atoms with Gasteiger partial charge in [-0.1, -0.05) is 17.7 Å². The molecule has 142 valence electrons. The molecule has 0 radical (unpaired) electrons. The van der Waals surface area contributed by atoms with Crippen molar-refractivity contribution in [2.75, 3.05) is 13.1 Å². The summed E-state index contributed by atoms with van der Waals surface area (Å²) in [6.45, 7) is 3.72. The van der Waals surface area contributed by atoms with Crippen molar-refractivity contribution in [3.8, 4) is 5.75 Å². The first-order chi connectivity index (χ1) is 12.9. The number of phenols is 1. The second-order valence-corrected chi connectivity index (χ2v) is 7.80. The lowest BCUT2D eigenvalue weighted by molar-refractivity contribution is 0.0384. The molecule has 0 aliphatic carbocycles. The number of halogens is 2. The number of hydrogen-bond acceptors (Lipinski definition) is 3. The van der Waals surface area contributed by atoms with E-state index in [2.05, 4.69) is 9.88 Å². The summed E-state index contributed by atoms with van der Waals surface area (Å²) in [5.74, 6) is -1.16. The normalized spacial score (nSPS) is 16.7. The van der Waals surface area contributed by atoms with Gasteiger partial charge in [0.2, 0.25) is 0 Å². The number of nitrogens with zero attached hydrogens (tertiary/aromatic N) is 1. The van der Waals surface area contributed by atoms with E-state index in [4.69, 9.17) is 11.6 Å². The van der Waals surface area contributed by atoms with E-state index in [1.807, 2.05) is 18.2 Å². The number of aliphatic hydroxyl groups is 1. The van der Waals surface area contributed by atoms with E-state index in [0.29, 0.717) is 10.6 Å². The Morgan fingerprint density at radius 2 is 1.96 bits per heavy atom. The number of phenolic OH excluding ortho intramolecular Hbond substituents is 1. The first kappa shape index (κ1) is 18.3. The summed E-state index contributed by atoms with van der Waals surface area (Å²) < 4.78 is 15.9. The highest BCUT2D eigenvalue weighted by Crippen LogP contribution is 2.34. The molecular formula is C21H22ClFN2O2. The van der Waals surface area contributed by atoms with Gasteiger partial charge in [0, 0.05) is 34.6 Å². The molecule has 0 amide bonds. The molecule has 1 unspecified atom stereocenters. The standard InChI is InChI=1S/C21H22ClFN2O2/c1-21(27,13-2-5-20(26)17(23)10-13)12-25-18-4-3-14(22)11-16(18)15-6-8-24-9-7-19(15)25/h2-5,10-11,24,26-27H,6-9,12H2,1H3. The van der Waals surface area contributed by atoms with Crippen LogP contribution in [0.15, 0.2) is 36.4 Å². The molecule has 3 aromatic rings. The van der Waals surface area contributed by atoms with E-state index in [1.54, 1.807) is 13.0 Å². The van der Waals surface area contributed by atoms with Crippen LogP contribution in [0, 0.1) is 5.82 Å². The minimum Gasteiger partial charge on any atom is -0.505 e. The highest BCUT2D eigenvalue weighted by Gasteiger charge is 2.28. The van der Waals surface area contributed by atoms with Crippen molar-refractivity contribution < 1.29 is 14.6 Å². The van der Waals surface area contributed by atoms with Crippen LogP contribution < -0.4 is 5.32 Å². The summed E-state index contributed by atoms with van der Waals surface area (Å²) in [7, 11) is 0. The first-order valence-corrected chi connectivity index (χ1v) is 9.46. The van der Waals surface area contributed by atoms with Crippen LogP contribution in [-0.2, 0) is 25.0 Å². The fraction of sp³-hybridized carbons (Fsp3) is 0.333. The molecule has 2 heterocycles. The molecule has 0 bridgehead atoms. The van der Waals surface area contributed by atoms with Crippen LogP contribution in [0.25, 0.3) is 10.9 Å². The smallest absolute Gasteiger partial charge is 0.165 e. The van der Waals surface area contributed by atoms with E-state index >= 15 is 0 Å². The summed E-state index contributed by atoms with van der Waals surface area (Å²) in [5, 5.41) is 25.8. The van der Waals surface area contributed by atoms with Gasteiger partial charge in [0.15, 0.2) is 11.6 Å². The lowest BCUT2D eigenvalue weighted by Gasteiger charge is -2.26. The van der Waals surface area contributed by atoms with Gasteiger partial charge < -0.3 is 20.1 Å². The van der Waals surface area contributed by atoms with Gasteiger partial charge in [0.25, 0.3) is 0 Å². The zero-order chi connectivity index (χ0) is 19.2. The average Bonchev–Trinajstić information content (AvgIpc) is 2.78. The molecule has 4 nitrogen and oxygen atoms in total. The maximum atomic E-state index is 13.8. The Hall–Kier alpha value is -2.08. The summed E-state index contributed by atoms with van der Waals surface area (Å²) in [4.78, 5) is 0. The van der Waals surface area contributed by atoms with Crippen LogP contribution in [-0.4, -0.2) is 27.9 Å². The van der Waals surface area contributed by atoms with Gasteiger partial charge in [-0.15, -0.1) is 0 Å². The van der Waals surface area contributed by atoms with E-state index in [9.17, 15) is 14.6 Å². The van der Waals surface area contributed by atoms with Crippen molar-refractivity contribution in [3.63, 3.8) is 0 Å². The molecule has 1 aliphatic heterocycles. The van der Waals surface area contributed by atoms with Crippen molar-refractivity contribution in [2.24, 2.45) is 0 Å². The molecular weight excluding hydrogens is 367 g/mol. The fourth-order valence-corrected chi connectivity index (χ4v) is 4.15. The summed E-state index contributed by atoms with van der Waals surface area (Å²) in [6.07, 6.45) is 1.75. The van der Waals surface area contributed by atoms with Crippen LogP contribution in [0.4, 0.5) is 4.39 Å². The zero-order valence-corrected chi connectivity index (χ0v) is 15.9. The monoisotopic (exact) mass is 388 g/mol. The van der Waals surface area contributed by atoms with Crippen molar-refractivity contribution in [1.29, 1.82) is 0 Å². The topological polar surface area (TPSA) is 57.4 Å². The Bertz CT molecular complexity index is 1010. The van der Waals surface area contributed by atoms with Crippen LogP contribution in [0.2, 0.25) is 5.02 Å². The molecule has 1 aromatic heterocycles. The first-order valence-electron chi connectivity index (χ1n) is 9.08. The van der Waals surface area contributed by atoms with E-state index < -0.39 is 17.2 Å². The van der Waals surface area contributed by atoms with E-state index in [1.165, 1.54) is 23.4 Å². The maximum Gasteiger partial charge on any atom is 0.165 e. The molecule has 0 saturated carbocycles. The molecule has 4 rings (SSSR count). The second kappa shape index (κ2) is 6.82. The lowest BCUT2D eigenvalue weighted by Crippen LogP contribution is -2.29. The van der Waals surface area contributed by atoms with Crippen LogP contribution in [0.3, 0.4) is 0 Å². The SMILES string of the molecule is CC(O)(Cn1c2c(c3cc(Cl)ccc31)CCNCC2)c1ccc(O)c(F)c1. The predicted octanol–water partition coefficient (Wildman–Crippen LogP) is 3.74.